The molecule has 28 heavy (non-hydrogen) atoms. The second-order valence-electron chi connectivity index (χ2n) is 6.00. The molecule has 0 aromatic heterocycles. The van der Waals surface area contributed by atoms with Crippen LogP contribution in [0.4, 0.5) is 0 Å². The summed E-state index contributed by atoms with van der Waals surface area (Å²) in [5.41, 5.74) is 0.828. The van der Waals surface area contributed by atoms with Gasteiger partial charge in [0.15, 0.2) is 6.04 Å². The smallest absolute Gasteiger partial charge is 0.334 e. The number of methoxy groups -OCH3 is 1. The molecule has 0 aliphatic carbocycles. The third-order valence-corrected chi connectivity index (χ3v) is 4.20. The number of imide groups is 1. The summed E-state index contributed by atoms with van der Waals surface area (Å²) in [5.74, 6) is -2.49. The maximum absolute atomic E-state index is 12.4. The fourth-order valence-corrected chi connectivity index (χ4v) is 2.74. The summed E-state index contributed by atoms with van der Waals surface area (Å²) >= 11 is 0. The van der Waals surface area contributed by atoms with Crippen LogP contribution in [0, 0.1) is 0 Å². The van der Waals surface area contributed by atoms with E-state index >= 15 is 0 Å². The van der Waals surface area contributed by atoms with Crippen molar-refractivity contribution in [3.05, 3.63) is 71.3 Å². The van der Waals surface area contributed by atoms with E-state index in [0.717, 1.165) is 0 Å². The third-order valence-electron chi connectivity index (χ3n) is 4.20. The van der Waals surface area contributed by atoms with Gasteiger partial charge in [0.25, 0.3) is 17.7 Å². The minimum Gasteiger partial charge on any atom is -0.467 e. The first-order chi connectivity index (χ1) is 13.4. The molecule has 1 atom stereocenters. The summed E-state index contributed by atoms with van der Waals surface area (Å²) in [7, 11) is 1.17. The Balaban J connectivity index is 1.87. The van der Waals surface area contributed by atoms with Gasteiger partial charge in [0.2, 0.25) is 0 Å². The number of hydrogen-bond donors (Lipinski definition) is 1. The summed E-state index contributed by atoms with van der Waals surface area (Å²) in [6.07, 6.45) is 0. The number of benzene rings is 2. The number of esters is 1. The molecule has 0 spiro atoms. The fourth-order valence-electron chi connectivity index (χ4n) is 2.74. The second-order valence-corrected chi connectivity index (χ2v) is 6.00. The number of fused-ring (bicyclic) bond motifs is 1. The number of nitrogens with one attached hydrogen (secondary N) is 1. The number of carbonyl (C=O) groups excluding carboxylic acids is 4. The van der Waals surface area contributed by atoms with E-state index in [1.54, 1.807) is 42.5 Å². The molecule has 1 aliphatic heterocycles. The minimum absolute atomic E-state index is 0.0330. The van der Waals surface area contributed by atoms with E-state index in [9.17, 15) is 19.2 Å². The molecule has 1 aliphatic rings. The average Bonchev–Trinajstić information content (AvgIpc) is 2.97. The third kappa shape index (κ3) is 3.52. The number of amides is 3. The van der Waals surface area contributed by atoms with E-state index in [0.29, 0.717) is 10.6 Å². The quantitative estimate of drug-likeness (QED) is 0.483. The van der Waals surface area contributed by atoms with Crippen molar-refractivity contribution in [3.8, 4) is 0 Å². The first kappa shape index (κ1) is 19.0. The van der Waals surface area contributed by atoms with E-state index < -0.39 is 29.7 Å². The molecule has 0 radical (unpaired) electrons. The number of hydrogen-bond acceptors (Lipinski definition) is 6. The summed E-state index contributed by atoms with van der Waals surface area (Å²) < 4.78 is 4.73. The van der Waals surface area contributed by atoms with Crippen LogP contribution >= 0.6 is 0 Å². The molecule has 2 aromatic carbocycles. The summed E-state index contributed by atoms with van der Waals surface area (Å²) in [6.45, 7) is 1.43. The highest BCUT2D eigenvalue weighted by atomic mass is 16.5. The summed E-state index contributed by atoms with van der Waals surface area (Å²) in [4.78, 5) is 49.5. The zero-order valence-electron chi connectivity index (χ0n) is 15.2. The molecule has 0 saturated heterocycles. The number of ether oxygens (including phenoxy) is 1. The molecule has 2 aromatic rings. The van der Waals surface area contributed by atoms with E-state index in [1.807, 2.05) is 0 Å². The van der Waals surface area contributed by atoms with Crippen molar-refractivity contribution in [3.63, 3.8) is 0 Å². The molecular formula is C20H17N3O5. The van der Waals surface area contributed by atoms with Crippen LogP contribution in [-0.2, 0) is 9.53 Å². The molecule has 1 heterocycles. The Bertz CT molecular complexity index is 949. The van der Waals surface area contributed by atoms with Gasteiger partial charge in [-0.2, -0.15) is 10.1 Å². The van der Waals surface area contributed by atoms with Gasteiger partial charge < -0.3 is 10.1 Å². The van der Waals surface area contributed by atoms with Gasteiger partial charge >= 0.3 is 5.97 Å². The van der Waals surface area contributed by atoms with Crippen LogP contribution in [0.2, 0.25) is 0 Å². The highest BCUT2D eigenvalue weighted by Gasteiger charge is 2.36. The van der Waals surface area contributed by atoms with Gasteiger partial charge in [0.05, 0.1) is 23.9 Å². The first-order valence-electron chi connectivity index (χ1n) is 8.40. The van der Waals surface area contributed by atoms with E-state index in [1.165, 1.54) is 26.2 Å². The molecule has 1 unspecified atom stereocenters. The van der Waals surface area contributed by atoms with Crippen molar-refractivity contribution in [2.24, 2.45) is 5.10 Å². The summed E-state index contributed by atoms with van der Waals surface area (Å²) in [6, 6.07) is 13.4. The number of hydrazone groups is 1. The van der Waals surface area contributed by atoms with Gasteiger partial charge in [-0.05, 0) is 31.2 Å². The van der Waals surface area contributed by atoms with Crippen molar-refractivity contribution >= 4 is 29.4 Å². The SMILES string of the molecule is COC(=O)C(NC(=O)c1ccccc1)/C(C)=N/N1C(=O)c2ccccc2C1=O. The van der Waals surface area contributed by atoms with Crippen LogP contribution in [0.1, 0.15) is 38.0 Å². The molecule has 0 bridgehead atoms. The topological polar surface area (TPSA) is 105 Å². The molecule has 3 rings (SSSR count). The van der Waals surface area contributed by atoms with Gasteiger partial charge in [-0.1, -0.05) is 30.3 Å². The Labute approximate surface area is 160 Å². The van der Waals surface area contributed by atoms with Crippen molar-refractivity contribution in [2.75, 3.05) is 7.11 Å². The maximum Gasteiger partial charge on any atom is 0.334 e. The molecule has 0 saturated carbocycles. The van der Waals surface area contributed by atoms with Crippen molar-refractivity contribution in [1.82, 2.24) is 10.3 Å². The van der Waals surface area contributed by atoms with E-state index in [2.05, 4.69) is 10.4 Å². The first-order valence-corrected chi connectivity index (χ1v) is 8.40. The molecule has 8 heteroatoms. The minimum atomic E-state index is -1.26. The van der Waals surface area contributed by atoms with E-state index in [4.69, 9.17) is 4.74 Å². The zero-order valence-corrected chi connectivity index (χ0v) is 15.2. The number of carbonyl (C=O) groups is 4. The molecule has 8 nitrogen and oxygen atoms in total. The molecule has 0 fully saturated rings. The number of nitrogens with zero attached hydrogens (tertiary/aromatic N) is 2. The molecule has 142 valence electrons. The Morgan fingerprint density at radius 2 is 1.50 bits per heavy atom. The fraction of sp³-hybridized carbons (Fsp3) is 0.150. The normalized spacial score (nSPS) is 14.5. The Hall–Kier alpha value is -3.81. The van der Waals surface area contributed by atoms with Crippen LogP contribution in [0.15, 0.2) is 59.7 Å². The van der Waals surface area contributed by atoms with Crippen LogP contribution < -0.4 is 5.32 Å². The van der Waals surface area contributed by atoms with Crippen LogP contribution in [0.25, 0.3) is 0 Å². The van der Waals surface area contributed by atoms with Crippen molar-refractivity contribution < 1.29 is 23.9 Å². The van der Waals surface area contributed by atoms with Crippen LogP contribution in [0.5, 0.6) is 0 Å². The van der Waals surface area contributed by atoms with Crippen molar-refractivity contribution in [2.45, 2.75) is 13.0 Å². The largest absolute Gasteiger partial charge is 0.467 e. The maximum atomic E-state index is 12.4. The lowest BCUT2D eigenvalue weighted by molar-refractivity contribution is -0.141. The van der Waals surface area contributed by atoms with Gasteiger partial charge in [0, 0.05) is 5.56 Å². The lowest BCUT2D eigenvalue weighted by Gasteiger charge is -2.18. The Morgan fingerprint density at radius 3 is 2.04 bits per heavy atom. The van der Waals surface area contributed by atoms with Gasteiger partial charge in [-0.25, -0.2) is 4.79 Å². The lowest BCUT2D eigenvalue weighted by atomic mass is 10.1. The van der Waals surface area contributed by atoms with Gasteiger partial charge in [-0.3, -0.25) is 14.4 Å². The summed E-state index contributed by atoms with van der Waals surface area (Å²) in [5, 5.41) is 7.20. The number of rotatable bonds is 5. The predicted molar refractivity (Wildman–Crippen MR) is 99.8 cm³/mol. The van der Waals surface area contributed by atoms with Gasteiger partial charge in [0.1, 0.15) is 0 Å². The zero-order chi connectivity index (χ0) is 20.3. The Kier molecular flexibility index (Phi) is 5.30. The monoisotopic (exact) mass is 379 g/mol. The molecule has 1 N–H and O–H groups in total. The van der Waals surface area contributed by atoms with Crippen molar-refractivity contribution in [1.29, 1.82) is 0 Å². The second kappa shape index (κ2) is 7.83. The average molecular weight is 379 g/mol. The highest BCUT2D eigenvalue weighted by Crippen LogP contribution is 2.22. The van der Waals surface area contributed by atoms with E-state index in [-0.39, 0.29) is 16.8 Å². The standard InChI is InChI=1S/C20H17N3O5/c1-12(22-23-18(25)14-10-6-7-11-15(14)19(23)26)16(20(27)28-2)21-17(24)13-8-4-3-5-9-13/h3-11,16H,1-2H3,(H,21,24)/b22-12+. The van der Waals surface area contributed by atoms with Gasteiger partial charge in [-0.15, -0.1) is 0 Å². The van der Waals surface area contributed by atoms with Crippen LogP contribution in [0.3, 0.4) is 0 Å². The highest BCUT2D eigenvalue weighted by molar-refractivity contribution is 6.22. The lowest BCUT2D eigenvalue weighted by Crippen LogP contribution is -2.47. The predicted octanol–water partition coefficient (Wildman–Crippen LogP) is 1.63. The molecule has 3 amide bonds. The van der Waals surface area contributed by atoms with Crippen LogP contribution in [-0.4, -0.2) is 47.6 Å². The molecular weight excluding hydrogens is 362 g/mol. The Morgan fingerprint density at radius 1 is 0.964 bits per heavy atom.